The Morgan fingerprint density at radius 3 is 2.61 bits per heavy atom. The molecule has 0 aliphatic rings. The van der Waals surface area contributed by atoms with Crippen LogP contribution in [-0.2, 0) is 6.61 Å². The molecule has 0 atom stereocenters. The molecule has 6 nitrogen and oxygen atoms in total. The molecule has 0 saturated carbocycles. The summed E-state index contributed by atoms with van der Waals surface area (Å²) in [5.41, 5.74) is 0.711. The maximum absolute atomic E-state index is 11.2. The fraction of sp³-hybridized carbons (Fsp3) is 0.0625. The first-order chi connectivity index (χ1) is 11.0. The molecule has 0 bridgehead atoms. The number of hydrogen-bond donors (Lipinski definition) is 1. The van der Waals surface area contributed by atoms with E-state index >= 15 is 0 Å². The minimum Gasteiger partial charge on any atom is -0.482 e. The molecule has 1 N–H and O–H groups in total. The van der Waals surface area contributed by atoms with Crippen LogP contribution >= 0.6 is 11.3 Å². The highest BCUT2D eigenvalue weighted by atomic mass is 32.1. The van der Waals surface area contributed by atoms with E-state index in [2.05, 4.69) is 0 Å². The van der Waals surface area contributed by atoms with Gasteiger partial charge in [-0.25, -0.2) is 4.79 Å². The molecule has 116 valence electrons. The molecule has 1 heterocycles. The summed E-state index contributed by atoms with van der Waals surface area (Å²) in [5, 5.41) is 20.8. The maximum Gasteiger partial charge on any atom is 0.345 e. The van der Waals surface area contributed by atoms with Crippen molar-refractivity contribution in [2.45, 2.75) is 6.61 Å². The molecule has 3 rings (SSSR count). The molecular formula is C16H11NO5S. The van der Waals surface area contributed by atoms with Gasteiger partial charge in [0.1, 0.15) is 11.5 Å². The van der Waals surface area contributed by atoms with E-state index in [0.717, 1.165) is 16.9 Å². The number of thiophene rings is 1. The third kappa shape index (κ3) is 3.14. The lowest BCUT2D eigenvalue weighted by molar-refractivity contribution is -0.385. The first kappa shape index (κ1) is 15.0. The van der Waals surface area contributed by atoms with E-state index in [9.17, 15) is 14.9 Å². The lowest BCUT2D eigenvalue weighted by Crippen LogP contribution is -1.98. The molecule has 0 spiro atoms. The Balaban J connectivity index is 1.98. The fourth-order valence-electron chi connectivity index (χ4n) is 2.16. The molecule has 0 saturated heterocycles. The van der Waals surface area contributed by atoms with Gasteiger partial charge in [0, 0.05) is 22.2 Å². The molecule has 0 aliphatic carbocycles. The molecule has 2 aromatic carbocycles. The highest BCUT2D eigenvalue weighted by Crippen LogP contribution is 2.36. The van der Waals surface area contributed by atoms with Crippen molar-refractivity contribution in [3.05, 3.63) is 69.1 Å². The highest BCUT2D eigenvalue weighted by molar-refractivity contribution is 7.20. The van der Waals surface area contributed by atoms with Gasteiger partial charge in [-0.2, -0.15) is 0 Å². The van der Waals surface area contributed by atoms with Gasteiger partial charge in [-0.15, -0.1) is 11.3 Å². The van der Waals surface area contributed by atoms with E-state index < -0.39 is 10.9 Å². The summed E-state index contributed by atoms with van der Waals surface area (Å²) in [6, 6.07) is 13.6. The normalized spacial score (nSPS) is 10.6. The second-order valence-electron chi connectivity index (χ2n) is 4.80. The van der Waals surface area contributed by atoms with E-state index in [4.69, 9.17) is 9.84 Å². The van der Waals surface area contributed by atoms with E-state index in [0.29, 0.717) is 10.1 Å². The van der Waals surface area contributed by atoms with Gasteiger partial charge in [0.25, 0.3) is 0 Å². The molecule has 0 unspecified atom stereocenters. The Morgan fingerprint density at radius 2 is 1.96 bits per heavy atom. The summed E-state index contributed by atoms with van der Waals surface area (Å²) in [7, 11) is 0. The molecule has 3 aromatic rings. The molecule has 23 heavy (non-hydrogen) atoms. The van der Waals surface area contributed by atoms with Gasteiger partial charge < -0.3 is 9.84 Å². The van der Waals surface area contributed by atoms with E-state index in [1.165, 1.54) is 18.2 Å². The Labute approximate surface area is 134 Å². The fourth-order valence-corrected chi connectivity index (χ4v) is 3.07. The zero-order chi connectivity index (χ0) is 16.4. The minimum absolute atomic E-state index is 0.130. The van der Waals surface area contributed by atoms with Gasteiger partial charge in [-0.05, 0) is 11.6 Å². The number of nitro benzene ring substituents is 1. The lowest BCUT2D eigenvalue weighted by Gasteiger charge is -2.07. The number of carboxylic acids is 1. The molecule has 0 radical (unpaired) electrons. The number of carboxylic acid groups (broad SMARTS) is 1. The van der Waals surface area contributed by atoms with Crippen LogP contribution in [0.4, 0.5) is 5.69 Å². The molecular weight excluding hydrogens is 318 g/mol. The summed E-state index contributed by atoms with van der Waals surface area (Å²) in [6.45, 7) is 0.199. The van der Waals surface area contributed by atoms with Crippen molar-refractivity contribution in [1.29, 1.82) is 0 Å². The zero-order valence-corrected chi connectivity index (χ0v) is 12.6. The first-order valence-corrected chi connectivity index (χ1v) is 7.48. The van der Waals surface area contributed by atoms with E-state index in [-0.39, 0.29) is 22.9 Å². The number of ether oxygens (including phenoxy) is 1. The number of fused-ring (bicyclic) bond motifs is 1. The van der Waals surface area contributed by atoms with Gasteiger partial charge in [0.2, 0.25) is 0 Å². The minimum atomic E-state index is -1.05. The van der Waals surface area contributed by atoms with Crippen LogP contribution in [0.2, 0.25) is 0 Å². The number of benzene rings is 2. The predicted octanol–water partition coefficient (Wildman–Crippen LogP) is 4.09. The van der Waals surface area contributed by atoms with Crippen LogP contribution in [0, 0.1) is 10.1 Å². The summed E-state index contributed by atoms with van der Waals surface area (Å²) in [6.07, 6.45) is 0. The maximum atomic E-state index is 11.2. The number of nitro groups is 1. The third-order valence-electron chi connectivity index (χ3n) is 3.24. The van der Waals surface area contributed by atoms with Crippen molar-refractivity contribution in [2.24, 2.45) is 0 Å². The SMILES string of the molecule is O=C(O)c1cc2cc([N+](=O)[O-])c(OCc3ccccc3)cc2s1. The molecule has 1 aromatic heterocycles. The molecule has 0 aliphatic heterocycles. The third-order valence-corrected chi connectivity index (χ3v) is 4.33. The summed E-state index contributed by atoms with van der Waals surface area (Å²) in [5.74, 6) is -0.925. The van der Waals surface area contributed by atoms with Crippen LogP contribution in [0.1, 0.15) is 15.2 Å². The zero-order valence-electron chi connectivity index (χ0n) is 11.8. The monoisotopic (exact) mass is 329 g/mol. The Morgan fingerprint density at radius 1 is 1.22 bits per heavy atom. The van der Waals surface area contributed by atoms with Crippen LogP contribution < -0.4 is 4.74 Å². The average Bonchev–Trinajstić information content (AvgIpc) is 2.96. The van der Waals surface area contributed by atoms with Crippen molar-refractivity contribution in [3.8, 4) is 5.75 Å². The Bertz CT molecular complexity index is 888. The van der Waals surface area contributed by atoms with Crippen LogP contribution in [0.15, 0.2) is 48.5 Å². The molecule has 0 amide bonds. The van der Waals surface area contributed by atoms with Crippen molar-refractivity contribution < 1.29 is 19.6 Å². The smallest absolute Gasteiger partial charge is 0.345 e. The van der Waals surface area contributed by atoms with Gasteiger partial charge in [0.15, 0.2) is 5.75 Å². The molecule has 0 fully saturated rings. The second kappa shape index (κ2) is 6.05. The van der Waals surface area contributed by atoms with E-state index in [1.807, 2.05) is 30.3 Å². The topological polar surface area (TPSA) is 89.7 Å². The lowest BCUT2D eigenvalue weighted by atomic mass is 10.2. The number of hydrogen-bond acceptors (Lipinski definition) is 5. The van der Waals surface area contributed by atoms with Gasteiger partial charge in [-0.1, -0.05) is 30.3 Å². The van der Waals surface area contributed by atoms with Crippen molar-refractivity contribution in [3.63, 3.8) is 0 Å². The largest absolute Gasteiger partial charge is 0.482 e. The number of nitrogens with zero attached hydrogens (tertiary/aromatic N) is 1. The van der Waals surface area contributed by atoms with Crippen molar-refractivity contribution in [1.82, 2.24) is 0 Å². The molecule has 7 heteroatoms. The van der Waals surface area contributed by atoms with Crippen molar-refractivity contribution >= 4 is 33.1 Å². The Hall–Kier alpha value is -2.93. The van der Waals surface area contributed by atoms with Crippen LogP contribution in [0.5, 0.6) is 5.75 Å². The standard InChI is InChI=1S/C16H11NO5S/c18-16(19)15-7-11-6-12(17(20)21)13(8-14(11)23-15)22-9-10-4-2-1-3-5-10/h1-8H,9H2,(H,18,19). The summed E-state index contributed by atoms with van der Waals surface area (Å²) >= 11 is 1.06. The van der Waals surface area contributed by atoms with Crippen LogP contribution in [0.25, 0.3) is 10.1 Å². The predicted molar refractivity (Wildman–Crippen MR) is 86.2 cm³/mol. The van der Waals surface area contributed by atoms with E-state index in [1.54, 1.807) is 0 Å². The number of aromatic carboxylic acids is 1. The van der Waals surface area contributed by atoms with Crippen molar-refractivity contribution in [2.75, 3.05) is 0 Å². The first-order valence-electron chi connectivity index (χ1n) is 6.66. The Kier molecular flexibility index (Phi) is 3.94. The number of rotatable bonds is 5. The van der Waals surface area contributed by atoms with Gasteiger partial charge >= 0.3 is 11.7 Å². The van der Waals surface area contributed by atoms with Gasteiger partial charge in [-0.3, -0.25) is 10.1 Å². The number of carbonyl (C=O) groups is 1. The quantitative estimate of drug-likeness (QED) is 0.562. The van der Waals surface area contributed by atoms with Gasteiger partial charge in [0.05, 0.1) is 4.92 Å². The second-order valence-corrected chi connectivity index (χ2v) is 5.89. The highest BCUT2D eigenvalue weighted by Gasteiger charge is 2.19. The summed E-state index contributed by atoms with van der Waals surface area (Å²) in [4.78, 5) is 21.9. The van der Waals surface area contributed by atoms with Crippen LogP contribution in [0.3, 0.4) is 0 Å². The van der Waals surface area contributed by atoms with Crippen LogP contribution in [-0.4, -0.2) is 16.0 Å². The summed E-state index contributed by atoms with van der Waals surface area (Å²) < 4.78 is 6.22. The average molecular weight is 329 g/mol.